The molecule has 0 bridgehead atoms. The highest BCUT2D eigenvalue weighted by molar-refractivity contribution is 5.71. The Morgan fingerprint density at radius 1 is 0.288 bits per heavy atom. The Balaban J connectivity index is 4.36. The first kappa shape index (κ1) is 69.6. The lowest BCUT2D eigenvalue weighted by atomic mass is 10.0. The van der Waals surface area contributed by atoms with Crippen molar-refractivity contribution in [3.8, 4) is 0 Å². The van der Waals surface area contributed by atoms with Crippen molar-refractivity contribution in [1.82, 2.24) is 0 Å². The summed E-state index contributed by atoms with van der Waals surface area (Å²) in [7, 11) is 0. The van der Waals surface area contributed by atoms with Gasteiger partial charge < -0.3 is 14.2 Å². The number of hydrogen-bond donors (Lipinski definition) is 0. The van der Waals surface area contributed by atoms with Crippen LogP contribution in [-0.4, -0.2) is 37.2 Å². The summed E-state index contributed by atoms with van der Waals surface area (Å²) in [5.74, 6) is -0.927. The van der Waals surface area contributed by atoms with Gasteiger partial charge in [0.1, 0.15) is 13.2 Å². The van der Waals surface area contributed by atoms with Crippen LogP contribution in [0.4, 0.5) is 0 Å². The van der Waals surface area contributed by atoms with Gasteiger partial charge in [-0.2, -0.15) is 0 Å². The highest BCUT2D eigenvalue weighted by Crippen LogP contribution is 2.16. The van der Waals surface area contributed by atoms with Gasteiger partial charge in [-0.3, -0.25) is 14.4 Å². The molecular formula is C67H116O6. The van der Waals surface area contributed by atoms with E-state index in [9.17, 15) is 14.4 Å². The summed E-state index contributed by atoms with van der Waals surface area (Å²) >= 11 is 0. The Bertz CT molecular complexity index is 1400. The SMILES string of the molecule is CC/C=C\C/C=C\C/C=C\C/C=C\C/C=C\C/C=C\CCCCC(=O)OC(COC(=O)CCCCCCCCCCCCC)COC(=O)CCCCCCCCCCCCC/C=C\CCCCCCCCCC. The summed E-state index contributed by atoms with van der Waals surface area (Å²) in [6.07, 6.45) is 80.2. The van der Waals surface area contributed by atoms with E-state index in [0.29, 0.717) is 19.3 Å². The number of rotatable bonds is 56. The third-order valence-corrected chi connectivity index (χ3v) is 13.4. The average Bonchev–Trinajstić information content (AvgIpc) is 3.39. The Kier molecular flexibility index (Phi) is 58.3. The molecule has 6 nitrogen and oxygen atoms in total. The number of carbonyl (C=O) groups excluding carboxylic acids is 3. The number of ether oxygens (including phenoxy) is 3. The van der Waals surface area contributed by atoms with Gasteiger partial charge in [0, 0.05) is 19.3 Å². The third-order valence-electron chi connectivity index (χ3n) is 13.4. The summed E-state index contributed by atoms with van der Waals surface area (Å²) < 4.78 is 16.9. The van der Waals surface area contributed by atoms with Gasteiger partial charge in [-0.15, -0.1) is 0 Å². The van der Waals surface area contributed by atoms with E-state index < -0.39 is 6.10 Å². The lowest BCUT2D eigenvalue weighted by Gasteiger charge is -2.18. The van der Waals surface area contributed by atoms with E-state index in [0.717, 1.165) is 89.9 Å². The second kappa shape index (κ2) is 61.1. The summed E-state index contributed by atoms with van der Waals surface area (Å²) in [5.41, 5.74) is 0. The van der Waals surface area contributed by atoms with Crippen molar-refractivity contribution in [2.75, 3.05) is 13.2 Å². The maximum Gasteiger partial charge on any atom is 0.306 e. The van der Waals surface area contributed by atoms with E-state index in [4.69, 9.17) is 14.2 Å². The first-order valence-corrected chi connectivity index (χ1v) is 31.1. The number of carbonyl (C=O) groups is 3. The number of hydrogen-bond acceptors (Lipinski definition) is 6. The molecule has 0 aliphatic carbocycles. The molecule has 0 aromatic heterocycles. The van der Waals surface area contributed by atoms with Crippen LogP contribution in [0.5, 0.6) is 0 Å². The normalized spacial score (nSPS) is 12.6. The average molecular weight is 1020 g/mol. The van der Waals surface area contributed by atoms with Crippen LogP contribution in [0.3, 0.4) is 0 Å². The zero-order valence-electron chi connectivity index (χ0n) is 48.1. The molecule has 0 aliphatic rings. The topological polar surface area (TPSA) is 78.9 Å². The van der Waals surface area contributed by atoms with Gasteiger partial charge in [-0.05, 0) is 96.3 Å². The van der Waals surface area contributed by atoms with Gasteiger partial charge in [0.15, 0.2) is 6.10 Å². The van der Waals surface area contributed by atoms with Gasteiger partial charge in [0.2, 0.25) is 0 Å². The largest absolute Gasteiger partial charge is 0.462 e. The molecule has 0 aromatic rings. The van der Waals surface area contributed by atoms with Crippen molar-refractivity contribution in [2.24, 2.45) is 0 Å². The molecule has 0 heterocycles. The van der Waals surface area contributed by atoms with Gasteiger partial charge >= 0.3 is 17.9 Å². The highest BCUT2D eigenvalue weighted by atomic mass is 16.6. The summed E-state index contributed by atoms with van der Waals surface area (Å²) in [4.78, 5) is 38.2. The molecule has 0 saturated carbocycles. The van der Waals surface area contributed by atoms with Crippen molar-refractivity contribution in [2.45, 2.75) is 309 Å². The maximum absolute atomic E-state index is 12.9. The first-order chi connectivity index (χ1) is 36.0. The molecular weight excluding hydrogens is 901 g/mol. The first-order valence-electron chi connectivity index (χ1n) is 31.1. The second-order valence-electron chi connectivity index (χ2n) is 20.6. The summed E-state index contributed by atoms with van der Waals surface area (Å²) in [6.45, 7) is 6.51. The van der Waals surface area contributed by atoms with Gasteiger partial charge in [-0.25, -0.2) is 0 Å². The van der Waals surface area contributed by atoms with Crippen molar-refractivity contribution < 1.29 is 28.6 Å². The van der Waals surface area contributed by atoms with Crippen molar-refractivity contribution >= 4 is 17.9 Å². The minimum Gasteiger partial charge on any atom is -0.462 e. The zero-order chi connectivity index (χ0) is 52.9. The van der Waals surface area contributed by atoms with Crippen LogP contribution in [0, 0.1) is 0 Å². The smallest absolute Gasteiger partial charge is 0.306 e. The standard InChI is InChI=1S/C67H116O6/c1-4-7-10-13-16-19-22-24-26-28-30-32-33-35-36-38-40-42-45-48-51-54-57-60-66(69)72-63-64(62-71-65(68)59-56-53-50-47-44-21-18-15-12-9-6-3)73-67(70)61-58-55-52-49-46-43-41-39-37-34-31-29-27-25-23-20-17-14-11-8-5-2/h8,11,17,20,25,27-28,30-31,34,39,41,46,49,64H,4-7,9-10,12-16,18-19,21-24,26,29,32-33,35-38,40,42-45,47-48,50-63H2,1-3H3/b11-8-,20-17-,27-25-,30-28-,34-31-,41-39-,49-46-. The van der Waals surface area contributed by atoms with Crippen LogP contribution in [0.25, 0.3) is 0 Å². The predicted octanol–water partition coefficient (Wildman–Crippen LogP) is 21.1. The minimum absolute atomic E-state index is 0.0921. The Morgan fingerprint density at radius 3 is 0.877 bits per heavy atom. The summed E-state index contributed by atoms with van der Waals surface area (Å²) in [6, 6.07) is 0. The van der Waals surface area contributed by atoms with Gasteiger partial charge in [0.25, 0.3) is 0 Å². The fraction of sp³-hybridized carbons (Fsp3) is 0.746. The molecule has 73 heavy (non-hydrogen) atoms. The van der Waals surface area contributed by atoms with E-state index in [1.165, 1.54) is 167 Å². The molecule has 0 N–H and O–H groups in total. The Hall–Kier alpha value is -3.41. The van der Waals surface area contributed by atoms with Crippen LogP contribution in [0.1, 0.15) is 303 Å². The van der Waals surface area contributed by atoms with E-state index >= 15 is 0 Å². The van der Waals surface area contributed by atoms with Crippen molar-refractivity contribution in [3.63, 3.8) is 0 Å². The molecule has 0 fully saturated rings. The Morgan fingerprint density at radius 2 is 0.534 bits per heavy atom. The fourth-order valence-electron chi connectivity index (χ4n) is 8.74. The molecule has 0 saturated heterocycles. The molecule has 0 aromatic carbocycles. The van der Waals surface area contributed by atoms with Crippen LogP contribution in [0.2, 0.25) is 0 Å². The van der Waals surface area contributed by atoms with Gasteiger partial charge in [-0.1, -0.05) is 273 Å². The van der Waals surface area contributed by atoms with Crippen molar-refractivity contribution in [1.29, 1.82) is 0 Å². The van der Waals surface area contributed by atoms with Crippen LogP contribution < -0.4 is 0 Å². The predicted molar refractivity (Wildman–Crippen MR) is 316 cm³/mol. The molecule has 1 atom stereocenters. The van der Waals surface area contributed by atoms with E-state index in [2.05, 4.69) is 106 Å². The fourth-order valence-corrected chi connectivity index (χ4v) is 8.74. The molecule has 0 aliphatic heterocycles. The third kappa shape index (κ3) is 59.3. The van der Waals surface area contributed by atoms with Crippen molar-refractivity contribution in [3.05, 3.63) is 85.1 Å². The van der Waals surface area contributed by atoms with Crippen LogP contribution >= 0.6 is 0 Å². The molecule has 0 amide bonds. The number of esters is 3. The molecule has 0 rings (SSSR count). The quantitative estimate of drug-likeness (QED) is 0.0261. The van der Waals surface area contributed by atoms with E-state index in [-0.39, 0.29) is 37.5 Å². The molecule has 0 spiro atoms. The monoisotopic (exact) mass is 1020 g/mol. The van der Waals surface area contributed by atoms with E-state index in [1.807, 2.05) is 0 Å². The molecule has 0 radical (unpaired) electrons. The second-order valence-corrected chi connectivity index (χ2v) is 20.6. The molecule has 420 valence electrons. The minimum atomic E-state index is -0.799. The number of unbranched alkanes of at least 4 members (excludes halogenated alkanes) is 31. The Labute approximate surface area is 452 Å². The zero-order valence-corrected chi connectivity index (χ0v) is 48.1. The van der Waals surface area contributed by atoms with Crippen LogP contribution in [-0.2, 0) is 28.6 Å². The summed E-state index contributed by atoms with van der Waals surface area (Å²) in [5, 5.41) is 0. The van der Waals surface area contributed by atoms with E-state index in [1.54, 1.807) is 0 Å². The highest BCUT2D eigenvalue weighted by Gasteiger charge is 2.19. The number of allylic oxidation sites excluding steroid dienone is 14. The maximum atomic E-state index is 12.9. The van der Waals surface area contributed by atoms with Gasteiger partial charge in [0.05, 0.1) is 0 Å². The lowest BCUT2D eigenvalue weighted by molar-refractivity contribution is -0.167. The molecule has 6 heteroatoms. The molecule has 1 unspecified atom stereocenters. The lowest BCUT2D eigenvalue weighted by Crippen LogP contribution is -2.30. The van der Waals surface area contributed by atoms with Crippen LogP contribution in [0.15, 0.2) is 85.1 Å².